The van der Waals surface area contributed by atoms with Gasteiger partial charge in [-0.1, -0.05) is 0 Å². The van der Waals surface area contributed by atoms with E-state index < -0.39 is 6.10 Å². The zero-order valence-corrected chi connectivity index (χ0v) is 11.0. The average Bonchev–Trinajstić information content (AvgIpc) is 2.73. The van der Waals surface area contributed by atoms with E-state index in [9.17, 15) is 9.90 Å². The second-order valence-corrected chi connectivity index (χ2v) is 5.02. The number of pyridine rings is 1. The molecule has 2 N–H and O–H groups in total. The monoisotopic (exact) mass is 299 g/mol. The third-order valence-corrected chi connectivity index (χ3v) is 3.35. The normalized spacial score (nSPS) is 23.7. The molecule has 0 radical (unpaired) electrons. The Hall–Kier alpha value is -0.980. The number of carbonyl (C=O) groups excluding carboxylic acids is 1. The molecule has 1 aromatic rings. The number of β-amino-alcohol motifs (C(OH)–C–C–N with tert-alkyl or cyclic N) is 1. The first-order chi connectivity index (χ1) is 8.09. The van der Waals surface area contributed by atoms with Crippen molar-refractivity contribution in [3.05, 3.63) is 28.5 Å². The summed E-state index contributed by atoms with van der Waals surface area (Å²) >= 11 is 3.28. The average molecular weight is 300 g/mol. The van der Waals surface area contributed by atoms with Crippen LogP contribution in [0.15, 0.2) is 22.9 Å². The van der Waals surface area contributed by atoms with Crippen LogP contribution < -0.4 is 5.32 Å². The number of rotatable bonds is 2. The number of nitrogens with zero attached hydrogens (tertiary/aromatic N) is 2. The Bertz CT molecular complexity index is 427. The molecule has 0 aromatic carbocycles. The molecule has 0 saturated carbocycles. The van der Waals surface area contributed by atoms with E-state index >= 15 is 0 Å². The van der Waals surface area contributed by atoms with E-state index in [1.165, 1.54) is 6.20 Å². The van der Waals surface area contributed by atoms with Gasteiger partial charge in [-0.05, 0) is 22.0 Å². The molecule has 0 spiro atoms. The standard InChI is InChI=1S/C11H14BrN3O2/c1-15(9-5-14-6-10(9)16)11(17)7-2-8(12)4-13-3-7/h2-4,9-10,14,16H,5-6H2,1H3/t9-,10-/m0/s1. The third-order valence-electron chi connectivity index (χ3n) is 2.92. The molecule has 6 heteroatoms. The van der Waals surface area contributed by atoms with E-state index in [4.69, 9.17) is 0 Å². The molecule has 0 aliphatic carbocycles. The fourth-order valence-electron chi connectivity index (χ4n) is 1.93. The number of aromatic nitrogens is 1. The molecule has 1 aliphatic heterocycles. The Morgan fingerprint density at radius 3 is 2.94 bits per heavy atom. The van der Waals surface area contributed by atoms with Gasteiger partial charge in [0.15, 0.2) is 0 Å². The molecular formula is C11H14BrN3O2. The molecule has 1 amide bonds. The minimum Gasteiger partial charge on any atom is -0.390 e. The summed E-state index contributed by atoms with van der Waals surface area (Å²) < 4.78 is 0.766. The highest BCUT2D eigenvalue weighted by atomic mass is 79.9. The van der Waals surface area contributed by atoms with Crippen molar-refractivity contribution in [1.82, 2.24) is 15.2 Å². The number of hydrogen-bond donors (Lipinski definition) is 2. The van der Waals surface area contributed by atoms with E-state index in [2.05, 4.69) is 26.2 Å². The van der Waals surface area contributed by atoms with Crippen molar-refractivity contribution in [2.45, 2.75) is 12.1 Å². The first-order valence-electron chi connectivity index (χ1n) is 5.36. The number of nitrogens with one attached hydrogen (secondary N) is 1. The van der Waals surface area contributed by atoms with Gasteiger partial charge < -0.3 is 15.3 Å². The van der Waals surface area contributed by atoms with Gasteiger partial charge in [-0.15, -0.1) is 0 Å². The smallest absolute Gasteiger partial charge is 0.255 e. The van der Waals surface area contributed by atoms with Gasteiger partial charge in [0, 0.05) is 37.0 Å². The molecule has 1 aliphatic rings. The zero-order valence-electron chi connectivity index (χ0n) is 9.43. The van der Waals surface area contributed by atoms with Crippen molar-refractivity contribution >= 4 is 21.8 Å². The van der Waals surface area contributed by atoms with E-state index in [1.807, 2.05) is 0 Å². The summed E-state index contributed by atoms with van der Waals surface area (Å²) in [5.41, 5.74) is 0.515. The maximum Gasteiger partial charge on any atom is 0.255 e. The van der Waals surface area contributed by atoms with Gasteiger partial charge in [0.05, 0.1) is 17.7 Å². The Morgan fingerprint density at radius 1 is 1.59 bits per heavy atom. The SMILES string of the molecule is CN(C(=O)c1cncc(Br)c1)[C@H]1CNC[C@@H]1O. The van der Waals surface area contributed by atoms with Crippen LogP contribution >= 0.6 is 15.9 Å². The van der Waals surface area contributed by atoms with Gasteiger partial charge in [0.25, 0.3) is 5.91 Å². The van der Waals surface area contributed by atoms with Crippen LogP contribution in [0.25, 0.3) is 0 Å². The summed E-state index contributed by atoms with van der Waals surface area (Å²) in [7, 11) is 1.70. The lowest BCUT2D eigenvalue weighted by atomic mass is 10.1. The van der Waals surface area contributed by atoms with E-state index in [0.29, 0.717) is 18.7 Å². The number of carbonyl (C=O) groups is 1. The van der Waals surface area contributed by atoms with Crippen LogP contribution in [0.2, 0.25) is 0 Å². The Kier molecular flexibility index (Phi) is 3.76. The van der Waals surface area contributed by atoms with Gasteiger partial charge >= 0.3 is 0 Å². The van der Waals surface area contributed by atoms with Crippen LogP contribution in [-0.2, 0) is 0 Å². The Balaban J connectivity index is 2.14. The second kappa shape index (κ2) is 5.12. The summed E-state index contributed by atoms with van der Waals surface area (Å²) in [5.74, 6) is -0.133. The lowest BCUT2D eigenvalue weighted by Gasteiger charge is -2.26. The molecule has 0 unspecified atom stereocenters. The van der Waals surface area contributed by atoms with Crippen molar-refractivity contribution in [2.24, 2.45) is 0 Å². The predicted octanol–water partition coefficient (Wildman–Crippen LogP) is 0.249. The van der Waals surface area contributed by atoms with Crippen molar-refractivity contribution < 1.29 is 9.90 Å². The molecule has 1 fully saturated rings. The molecule has 2 rings (SSSR count). The summed E-state index contributed by atoms with van der Waals surface area (Å²) in [6.45, 7) is 1.14. The summed E-state index contributed by atoms with van der Waals surface area (Å²) in [4.78, 5) is 17.7. The van der Waals surface area contributed by atoms with Crippen molar-refractivity contribution in [1.29, 1.82) is 0 Å². The highest BCUT2D eigenvalue weighted by Crippen LogP contribution is 2.14. The molecule has 92 valence electrons. The number of amides is 1. The van der Waals surface area contributed by atoms with E-state index in [0.717, 1.165) is 4.47 Å². The molecule has 1 saturated heterocycles. The van der Waals surface area contributed by atoms with Crippen molar-refractivity contribution in [3.63, 3.8) is 0 Å². The van der Waals surface area contributed by atoms with Crippen LogP contribution in [0, 0.1) is 0 Å². The maximum absolute atomic E-state index is 12.2. The molecule has 2 heterocycles. The van der Waals surface area contributed by atoms with Crippen LogP contribution in [0.3, 0.4) is 0 Å². The zero-order chi connectivity index (χ0) is 12.4. The van der Waals surface area contributed by atoms with Gasteiger partial charge in [-0.2, -0.15) is 0 Å². The predicted molar refractivity (Wildman–Crippen MR) is 66.7 cm³/mol. The molecule has 17 heavy (non-hydrogen) atoms. The molecule has 5 nitrogen and oxygen atoms in total. The van der Waals surface area contributed by atoms with Crippen LogP contribution in [0.4, 0.5) is 0 Å². The second-order valence-electron chi connectivity index (χ2n) is 4.10. The Morgan fingerprint density at radius 2 is 2.35 bits per heavy atom. The summed E-state index contributed by atoms with van der Waals surface area (Å²) in [5, 5.41) is 12.8. The van der Waals surface area contributed by atoms with Gasteiger partial charge in [0.2, 0.25) is 0 Å². The molecule has 2 atom stereocenters. The minimum absolute atomic E-state index is 0.133. The topological polar surface area (TPSA) is 65.5 Å². The van der Waals surface area contributed by atoms with Gasteiger partial charge in [-0.25, -0.2) is 0 Å². The molecule has 1 aromatic heterocycles. The number of aliphatic hydroxyl groups excluding tert-OH is 1. The van der Waals surface area contributed by atoms with Crippen LogP contribution in [0.1, 0.15) is 10.4 Å². The lowest BCUT2D eigenvalue weighted by Crippen LogP contribution is -2.44. The Labute approximate surface area is 108 Å². The molecule has 0 bridgehead atoms. The van der Waals surface area contributed by atoms with Crippen LogP contribution in [0.5, 0.6) is 0 Å². The number of halogens is 1. The number of likely N-dealkylation sites (N-methyl/N-ethyl adjacent to an activating group) is 1. The fraction of sp³-hybridized carbons (Fsp3) is 0.455. The fourth-order valence-corrected chi connectivity index (χ4v) is 2.29. The maximum atomic E-state index is 12.2. The van der Waals surface area contributed by atoms with Crippen molar-refractivity contribution in [2.75, 3.05) is 20.1 Å². The number of aliphatic hydroxyl groups is 1. The van der Waals surface area contributed by atoms with E-state index in [-0.39, 0.29) is 11.9 Å². The van der Waals surface area contributed by atoms with Crippen LogP contribution in [-0.4, -0.2) is 53.2 Å². The minimum atomic E-state index is -0.510. The largest absolute Gasteiger partial charge is 0.390 e. The quantitative estimate of drug-likeness (QED) is 0.822. The lowest BCUT2D eigenvalue weighted by molar-refractivity contribution is 0.0581. The summed E-state index contributed by atoms with van der Waals surface area (Å²) in [6, 6.07) is 1.54. The highest BCUT2D eigenvalue weighted by Gasteiger charge is 2.31. The van der Waals surface area contributed by atoms with E-state index in [1.54, 1.807) is 24.2 Å². The third kappa shape index (κ3) is 2.65. The first kappa shape index (κ1) is 12.5. The van der Waals surface area contributed by atoms with Gasteiger partial charge in [0.1, 0.15) is 0 Å². The molecular weight excluding hydrogens is 286 g/mol. The highest BCUT2D eigenvalue weighted by molar-refractivity contribution is 9.10. The van der Waals surface area contributed by atoms with Gasteiger partial charge in [-0.3, -0.25) is 9.78 Å². The first-order valence-corrected chi connectivity index (χ1v) is 6.15. The van der Waals surface area contributed by atoms with Crippen molar-refractivity contribution in [3.8, 4) is 0 Å². The summed E-state index contributed by atoms with van der Waals surface area (Å²) in [6.07, 6.45) is 2.64. The number of hydrogen-bond acceptors (Lipinski definition) is 4.